The van der Waals surface area contributed by atoms with Crippen LogP contribution in [0.3, 0.4) is 0 Å². The van der Waals surface area contributed by atoms with Crippen LogP contribution < -0.4 is 10.6 Å². The topological polar surface area (TPSA) is 95.6 Å². The van der Waals surface area contributed by atoms with Crippen molar-refractivity contribution in [2.24, 2.45) is 11.8 Å². The number of amides is 4. The zero-order valence-corrected chi connectivity index (χ0v) is 14.5. The average molecular weight is 395 g/mol. The lowest BCUT2D eigenvalue weighted by molar-refractivity contribution is -0.143. The van der Waals surface area contributed by atoms with E-state index in [9.17, 15) is 32.3 Å². The van der Waals surface area contributed by atoms with Gasteiger partial charge in [-0.05, 0) is 25.0 Å². The van der Waals surface area contributed by atoms with E-state index in [1.165, 1.54) is 0 Å². The Morgan fingerprint density at radius 3 is 2.18 bits per heavy atom. The van der Waals surface area contributed by atoms with E-state index in [4.69, 9.17) is 0 Å². The molecule has 3 rings (SSSR count). The Hall–Kier alpha value is -3.17. The van der Waals surface area contributed by atoms with Gasteiger partial charge in [-0.15, -0.1) is 0 Å². The predicted molar refractivity (Wildman–Crippen MR) is 90.0 cm³/mol. The first kappa shape index (κ1) is 19.6. The zero-order valence-electron chi connectivity index (χ0n) is 14.5. The molecular formula is C18H16F3N3O4. The van der Waals surface area contributed by atoms with E-state index in [0.29, 0.717) is 18.9 Å². The van der Waals surface area contributed by atoms with Crippen LogP contribution in [-0.2, 0) is 19.2 Å². The maximum absolute atomic E-state index is 13.5. The highest BCUT2D eigenvalue weighted by atomic mass is 19.2. The molecule has 2 N–H and O–H groups in total. The van der Waals surface area contributed by atoms with Crippen molar-refractivity contribution in [2.75, 3.05) is 18.4 Å². The number of anilines is 1. The molecule has 10 heteroatoms. The number of imide groups is 1. The van der Waals surface area contributed by atoms with Gasteiger partial charge in [0.25, 0.3) is 0 Å². The standard InChI is InChI=1S/C18H16F3N3O4/c19-11-5-6-12(16(21)15(11)20)23-13(25)7-22-14(26)8-24-17(27)9-3-1-2-4-10(9)18(24)28/h1-2,5-6,9-10H,3-4,7-8H2,(H,22,26)(H,23,25)/t9-,10-/m0/s1. The molecule has 1 aromatic carbocycles. The molecule has 1 saturated heterocycles. The summed E-state index contributed by atoms with van der Waals surface area (Å²) in [5, 5.41) is 4.19. The monoisotopic (exact) mass is 395 g/mol. The van der Waals surface area contributed by atoms with Crippen LogP contribution in [0.25, 0.3) is 0 Å². The second-order valence-corrected chi connectivity index (χ2v) is 6.47. The van der Waals surface area contributed by atoms with Crippen LogP contribution in [-0.4, -0.2) is 41.6 Å². The SMILES string of the molecule is O=C(CN1C(=O)[C@H]2CC=CC[C@@H]2C1=O)NCC(=O)Nc1ccc(F)c(F)c1F. The van der Waals surface area contributed by atoms with Crippen molar-refractivity contribution in [1.29, 1.82) is 0 Å². The smallest absolute Gasteiger partial charge is 0.243 e. The molecule has 0 unspecified atom stereocenters. The summed E-state index contributed by atoms with van der Waals surface area (Å²) in [7, 11) is 0. The molecule has 0 spiro atoms. The maximum atomic E-state index is 13.5. The Balaban J connectivity index is 1.52. The minimum Gasteiger partial charge on any atom is -0.345 e. The number of rotatable bonds is 5. The lowest BCUT2D eigenvalue weighted by Gasteiger charge is -2.14. The molecule has 1 heterocycles. The number of nitrogens with zero attached hydrogens (tertiary/aromatic N) is 1. The molecule has 28 heavy (non-hydrogen) atoms. The number of likely N-dealkylation sites (tertiary alicyclic amines) is 1. The quantitative estimate of drug-likeness (QED) is 0.444. The van der Waals surface area contributed by atoms with E-state index in [0.717, 1.165) is 11.0 Å². The summed E-state index contributed by atoms with van der Waals surface area (Å²) in [4.78, 5) is 49.2. The lowest BCUT2D eigenvalue weighted by Crippen LogP contribution is -2.43. The summed E-state index contributed by atoms with van der Waals surface area (Å²) in [6.07, 6.45) is 4.51. The number of carbonyl (C=O) groups is 4. The van der Waals surface area contributed by atoms with Gasteiger partial charge >= 0.3 is 0 Å². The summed E-state index contributed by atoms with van der Waals surface area (Å²) in [5.41, 5.74) is -0.584. The molecule has 2 atom stereocenters. The Kier molecular flexibility index (Phi) is 5.48. The van der Waals surface area contributed by atoms with Gasteiger partial charge in [0.15, 0.2) is 17.5 Å². The fraction of sp³-hybridized carbons (Fsp3) is 0.333. The van der Waals surface area contributed by atoms with Gasteiger partial charge in [-0.3, -0.25) is 24.1 Å². The van der Waals surface area contributed by atoms with Crippen molar-refractivity contribution in [1.82, 2.24) is 10.2 Å². The summed E-state index contributed by atoms with van der Waals surface area (Å²) in [6.45, 7) is -1.14. The van der Waals surface area contributed by atoms with Crippen LogP contribution in [0.1, 0.15) is 12.8 Å². The Bertz CT molecular complexity index is 861. The molecular weight excluding hydrogens is 379 g/mol. The summed E-state index contributed by atoms with van der Waals surface area (Å²) in [5.74, 6) is -8.14. The van der Waals surface area contributed by atoms with E-state index >= 15 is 0 Å². The Morgan fingerprint density at radius 2 is 1.57 bits per heavy atom. The van der Waals surface area contributed by atoms with Crippen LogP contribution in [0.5, 0.6) is 0 Å². The van der Waals surface area contributed by atoms with Gasteiger partial charge < -0.3 is 10.6 Å². The van der Waals surface area contributed by atoms with Gasteiger partial charge in [-0.25, -0.2) is 13.2 Å². The molecule has 1 aliphatic heterocycles. The van der Waals surface area contributed by atoms with Crippen molar-refractivity contribution in [3.63, 3.8) is 0 Å². The Labute approximate surface area is 157 Å². The molecule has 4 amide bonds. The Morgan fingerprint density at radius 1 is 0.964 bits per heavy atom. The van der Waals surface area contributed by atoms with Crippen LogP contribution in [0, 0.1) is 29.3 Å². The molecule has 0 radical (unpaired) electrons. The number of benzene rings is 1. The summed E-state index contributed by atoms with van der Waals surface area (Å²) in [6, 6.07) is 1.48. The van der Waals surface area contributed by atoms with Gasteiger partial charge in [0, 0.05) is 0 Å². The highest BCUT2D eigenvalue weighted by Crippen LogP contribution is 2.34. The second kappa shape index (κ2) is 7.83. The van der Waals surface area contributed by atoms with E-state index in [2.05, 4.69) is 5.32 Å². The van der Waals surface area contributed by atoms with Crippen molar-refractivity contribution >= 4 is 29.3 Å². The van der Waals surface area contributed by atoms with Crippen molar-refractivity contribution < 1.29 is 32.3 Å². The molecule has 1 fully saturated rings. The minimum atomic E-state index is -1.73. The number of carbonyl (C=O) groups excluding carboxylic acids is 4. The van der Waals surface area contributed by atoms with Crippen molar-refractivity contribution in [3.05, 3.63) is 41.7 Å². The van der Waals surface area contributed by atoms with Crippen LogP contribution >= 0.6 is 0 Å². The van der Waals surface area contributed by atoms with Gasteiger partial charge in [-0.1, -0.05) is 12.2 Å². The molecule has 0 aromatic heterocycles. The van der Waals surface area contributed by atoms with Crippen LogP contribution in [0.15, 0.2) is 24.3 Å². The predicted octanol–water partition coefficient (Wildman–Crippen LogP) is 1.11. The van der Waals surface area contributed by atoms with Crippen LogP contribution in [0.4, 0.5) is 18.9 Å². The third kappa shape index (κ3) is 3.75. The van der Waals surface area contributed by atoms with Gasteiger partial charge in [-0.2, -0.15) is 0 Å². The molecule has 1 aliphatic carbocycles. The van der Waals surface area contributed by atoms with Crippen LogP contribution in [0.2, 0.25) is 0 Å². The highest BCUT2D eigenvalue weighted by molar-refractivity contribution is 6.07. The first-order chi connectivity index (χ1) is 13.3. The highest BCUT2D eigenvalue weighted by Gasteiger charge is 2.47. The van der Waals surface area contributed by atoms with Crippen molar-refractivity contribution in [2.45, 2.75) is 12.8 Å². The first-order valence-electron chi connectivity index (χ1n) is 8.50. The third-order valence-corrected chi connectivity index (χ3v) is 4.66. The summed E-state index contributed by atoms with van der Waals surface area (Å²) < 4.78 is 39.5. The van der Waals surface area contributed by atoms with E-state index < -0.39 is 71.7 Å². The first-order valence-corrected chi connectivity index (χ1v) is 8.50. The number of halogens is 3. The number of allylic oxidation sites excluding steroid dienone is 2. The van der Waals surface area contributed by atoms with E-state index in [1.807, 2.05) is 17.5 Å². The van der Waals surface area contributed by atoms with Crippen molar-refractivity contribution in [3.8, 4) is 0 Å². The largest absolute Gasteiger partial charge is 0.345 e. The number of hydrogen-bond acceptors (Lipinski definition) is 4. The maximum Gasteiger partial charge on any atom is 0.243 e. The zero-order chi connectivity index (χ0) is 20.4. The molecule has 2 aliphatic rings. The van der Waals surface area contributed by atoms with E-state index in [-0.39, 0.29) is 0 Å². The third-order valence-electron chi connectivity index (χ3n) is 4.66. The van der Waals surface area contributed by atoms with Gasteiger partial charge in [0.05, 0.1) is 24.1 Å². The fourth-order valence-corrected chi connectivity index (χ4v) is 3.22. The number of hydrogen-bond donors (Lipinski definition) is 2. The minimum absolute atomic E-state index is 0.428. The van der Waals surface area contributed by atoms with Gasteiger partial charge in [0.1, 0.15) is 6.54 Å². The normalized spacial score (nSPS) is 20.9. The molecule has 0 saturated carbocycles. The number of nitrogens with one attached hydrogen (secondary N) is 2. The fourth-order valence-electron chi connectivity index (χ4n) is 3.22. The molecule has 1 aromatic rings. The average Bonchev–Trinajstić information content (AvgIpc) is 2.92. The molecule has 7 nitrogen and oxygen atoms in total. The molecule has 148 valence electrons. The number of fused-ring (bicyclic) bond motifs is 1. The lowest BCUT2D eigenvalue weighted by atomic mass is 9.85. The van der Waals surface area contributed by atoms with E-state index in [1.54, 1.807) is 0 Å². The second-order valence-electron chi connectivity index (χ2n) is 6.47. The van der Waals surface area contributed by atoms with Gasteiger partial charge in [0.2, 0.25) is 23.6 Å². The summed E-state index contributed by atoms with van der Waals surface area (Å²) >= 11 is 0. The molecule has 0 bridgehead atoms.